The van der Waals surface area contributed by atoms with Gasteiger partial charge in [0.1, 0.15) is 6.54 Å². The standard InChI is InChI=1S/C17H23NO4/c1-2-10-18(13-15(19)20)16(21)17(8-11-22-12-9-17)14-6-4-3-5-7-14/h3-7H,2,8-13H2,1H3,(H,19,20). The van der Waals surface area contributed by atoms with Crippen LogP contribution in [0.1, 0.15) is 31.7 Å². The number of carboxylic acid groups (broad SMARTS) is 1. The number of amides is 1. The molecule has 0 radical (unpaired) electrons. The quantitative estimate of drug-likeness (QED) is 0.873. The number of rotatable bonds is 6. The molecule has 0 saturated carbocycles. The summed E-state index contributed by atoms with van der Waals surface area (Å²) in [7, 11) is 0. The van der Waals surface area contributed by atoms with Crippen LogP contribution >= 0.6 is 0 Å². The van der Waals surface area contributed by atoms with E-state index in [4.69, 9.17) is 9.84 Å². The van der Waals surface area contributed by atoms with Crippen molar-refractivity contribution in [2.75, 3.05) is 26.3 Å². The van der Waals surface area contributed by atoms with Gasteiger partial charge in [0, 0.05) is 19.8 Å². The van der Waals surface area contributed by atoms with Crippen LogP contribution in [0.2, 0.25) is 0 Å². The number of carboxylic acids is 1. The topological polar surface area (TPSA) is 66.8 Å². The van der Waals surface area contributed by atoms with Crippen molar-refractivity contribution < 1.29 is 19.4 Å². The van der Waals surface area contributed by atoms with Gasteiger partial charge in [-0.05, 0) is 24.8 Å². The Bertz CT molecular complexity index is 509. The minimum atomic E-state index is -0.975. The summed E-state index contributed by atoms with van der Waals surface area (Å²) in [5, 5.41) is 9.09. The van der Waals surface area contributed by atoms with Crippen molar-refractivity contribution in [3.05, 3.63) is 35.9 Å². The van der Waals surface area contributed by atoms with Crippen molar-refractivity contribution in [2.45, 2.75) is 31.6 Å². The number of aliphatic carboxylic acids is 1. The molecule has 1 N–H and O–H groups in total. The summed E-state index contributed by atoms with van der Waals surface area (Å²) in [6.07, 6.45) is 1.92. The molecule has 22 heavy (non-hydrogen) atoms. The Morgan fingerprint density at radius 1 is 1.23 bits per heavy atom. The summed E-state index contributed by atoms with van der Waals surface area (Å²) in [5.74, 6) is -1.07. The zero-order chi connectivity index (χ0) is 16.0. The summed E-state index contributed by atoms with van der Waals surface area (Å²) >= 11 is 0. The minimum absolute atomic E-state index is 0.0914. The van der Waals surface area contributed by atoms with Gasteiger partial charge in [0.25, 0.3) is 0 Å². The van der Waals surface area contributed by atoms with Crippen LogP contribution in [0.3, 0.4) is 0 Å². The maximum Gasteiger partial charge on any atom is 0.323 e. The largest absolute Gasteiger partial charge is 0.480 e. The second-order valence-corrected chi connectivity index (χ2v) is 5.68. The van der Waals surface area contributed by atoms with Gasteiger partial charge in [-0.15, -0.1) is 0 Å². The molecular formula is C17H23NO4. The predicted octanol–water partition coefficient (Wildman–Crippen LogP) is 2.06. The molecule has 0 spiro atoms. The maximum absolute atomic E-state index is 13.2. The fraction of sp³-hybridized carbons (Fsp3) is 0.529. The summed E-state index contributed by atoms with van der Waals surface area (Å²) in [5.41, 5.74) is 0.291. The van der Waals surface area contributed by atoms with Crippen molar-refractivity contribution in [1.29, 1.82) is 0 Å². The first-order valence-electron chi connectivity index (χ1n) is 7.74. The zero-order valence-electron chi connectivity index (χ0n) is 13.0. The molecule has 0 aromatic heterocycles. The van der Waals surface area contributed by atoms with E-state index in [1.807, 2.05) is 37.3 Å². The summed E-state index contributed by atoms with van der Waals surface area (Å²) in [6.45, 7) is 3.20. The molecule has 0 unspecified atom stereocenters. The second kappa shape index (κ2) is 7.40. The highest BCUT2D eigenvalue weighted by molar-refractivity contribution is 5.90. The Morgan fingerprint density at radius 2 is 1.86 bits per heavy atom. The van der Waals surface area contributed by atoms with Crippen molar-refractivity contribution in [2.24, 2.45) is 0 Å². The molecule has 5 heteroatoms. The lowest BCUT2D eigenvalue weighted by molar-refractivity contribution is -0.149. The van der Waals surface area contributed by atoms with Crippen LogP contribution in [0.25, 0.3) is 0 Å². The SMILES string of the molecule is CCCN(CC(=O)O)C(=O)C1(c2ccccc2)CCOCC1. The molecule has 1 aliphatic heterocycles. The highest BCUT2D eigenvalue weighted by Crippen LogP contribution is 2.36. The molecular weight excluding hydrogens is 282 g/mol. The van der Waals surface area contributed by atoms with E-state index < -0.39 is 11.4 Å². The maximum atomic E-state index is 13.2. The molecule has 2 rings (SSSR count). The number of carbonyl (C=O) groups excluding carboxylic acids is 1. The Labute approximate surface area is 130 Å². The number of hydrogen-bond donors (Lipinski definition) is 1. The molecule has 1 fully saturated rings. The normalized spacial score (nSPS) is 17.0. The Balaban J connectivity index is 2.35. The van der Waals surface area contributed by atoms with Crippen molar-refractivity contribution >= 4 is 11.9 Å². The van der Waals surface area contributed by atoms with E-state index in [0.29, 0.717) is 32.6 Å². The Morgan fingerprint density at radius 3 is 2.41 bits per heavy atom. The number of benzene rings is 1. The lowest BCUT2D eigenvalue weighted by atomic mass is 9.73. The number of nitrogens with zero attached hydrogens (tertiary/aromatic N) is 1. The average molecular weight is 305 g/mol. The average Bonchev–Trinajstić information content (AvgIpc) is 2.55. The van der Waals surface area contributed by atoms with Crippen LogP contribution < -0.4 is 0 Å². The molecule has 0 atom stereocenters. The van der Waals surface area contributed by atoms with E-state index in [-0.39, 0.29) is 12.5 Å². The molecule has 1 aliphatic rings. The van der Waals surface area contributed by atoms with Gasteiger partial charge in [-0.1, -0.05) is 37.3 Å². The lowest BCUT2D eigenvalue weighted by Gasteiger charge is -2.39. The molecule has 5 nitrogen and oxygen atoms in total. The van der Waals surface area contributed by atoms with Gasteiger partial charge in [0.2, 0.25) is 5.91 Å². The fourth-order valence-corrected chi connectivity index (χ4v) is 3.09. The molecule has 1 aromatic rings. The third-order valence-electron chi connectivity index (χ3n) is 4.19. The Hall–Kier alpha value is -1.88. The van der Waals surface area contributed by atoms with Gasteiger partial charge < -0.3 is 14.7 Å². The first-order chi connectivity index (χ1) is 10.6. The third kappa shape index (κ3) is 3.47. The van der Waals surface area contributed by atoms with Gasteiger partial charge in [-0.2, -0.15) is 0 Å². The smallest absolute Gasteiger partial charge is 0.323 e. The van der Waals surface area contributed by atoms with Gasteiger partial charge >= 0.3 is 5.97 Å². The van der Waals surface area contributed by atoms with Crippen LogP contribution in [0.4, 0.5) is 0 Å². The van der Waals surface area contributed by atoms with E-state index in [9.17, 15) is 9.59 Å². The molecule has 1 amide bonds. The van der Waals surface area contributed by atoms with Crippen LogP contribution in [0, 0.1) is 0 Å². The van der Waals surface area contributed by atoms with E-state index in [1.54, 1.807) is 0 Å². The van der Waals surface area contributed by atoms with Crippen molar-refractivity contribution in [3.63, 3.8) is 0 Å². The highest BCUT2D eigenvalue weighted by Gasteiger charge is 2.44. The molecule has 120 valence electrons. The first-order valence-corrected chi connectivity index (χ1v) is 7.74. The second-order valence-electron chi connectivity index (χ2n) is 5.68. The number of carbonyl (C=O) groups is 2. The van der Waals surface area contributed by atoms with Crippen LogP contribution in [0.5, 0.6) is 0 Å². The van der Waals surface area contributed by atoms with Gasteiger partial charge in [-0.3, -0.25) is 9.59 Å². The monoisotopic (exact) mass is 305 g/mol. The summed E-state index contributed by atoms with van der Waals surface area (Å²) < 4.78 is 5.43. The van der Waals surface area contributed by atoms with Gasteiger partial charge in [0.15, 0.2) is 0 Å². The van der Waals surface area contributed by atoms with Crippen LogP contribution in [-0.2, 0) is 19.7 Å². The zero-order valence-corrected chi connectivity index (χ0v) is 13.0. The minimum Gasteiger partial charge on any atom is -0.480 e. The van der Waals surface area contributed by atoms with Gasteiger partial charge in [-0.25, -0.2) is 0 Å². The molecule has 1 heterocycles. The predicted molar refractivity (Wildman–Crippen MR) is 82.7 cm³/mol. The van der Waals surface area contributed by atoms with Gasteiger partial charge in [0.05, 0.1) is 5.41 Å². The third-order valence-corrected chi connectivity index (χ3v) is 4.19. The van der Waals surface area contributed by atoms with Crippen molar-refractivity contribution in [3.8, 4) is 0 Å². The fourth-order valence-electron chi connectivity index (χ4n) is 3.09. The van der Waals surface area contributed by atoms with E-state index in [0.717, 1.165) is 12.0 Å². The molecule has 1 aromatic carbocycles. The van der Waals surface area contributed by atoms with Crippen LogP contribution in [0.15, 0.2) is 30.3 Å². The Kier molecular flexibility index (Phi) is 5.55. The van der Waals surface area contributed by atoms with Crippen molar-refractivity contribution in [1.82, 2.24) is 4.90 Å². The van der Waals surface area contributed by atoms with E-state index in [1.165, 1.54) is 4.90 Å². The van der Waals surface area contributed by atoms with Crippen LogP contribution in [-0.4, -0.2) is 48.2 Å². The highest BCUT2D eigenvalue weighted by atomic mass is 16.5. The summed E-state index contributed by atoms with van der Waals surface area (Å²) in [6, 6.07) is 9.66. The van der Waals surface area contributed by atoms with E-state index >= 15 is 0 Å². The molecule has 0 bridgehead atoms. The number of ether oxygens (including phenoxy) is 1. The molecule has 0 aliphatic carbocycles. The lowest BCUT2D eigenvalue weighted by Crippen LogP contribution is -2.51. The first kappa shape index (κ1) is 16.5. The summed E-state index contributed by atoms with van der Waals surface area (Å²) in [4.78, 5) is 25.7. The van der Waals surface area contributed by atoms with E-state index in [2.05, 4.69) is 0 Å². The molecule has 1 saturated heterocycles. The number of hydrogen-bond acceptors (Lipinski definition) is 3.